The molecule has 0 heterocycles. The summed E-state index contributed by atoms with van der Waals surface area (Å²) in [5, 5.41) is 8.09. The maximum atomic E-state index is 9.89. The van der Waals surface area contributed by atoms with E-state index in [2.05, 4.69) is 4.99 Å². The van der Waals surface area contributed by atoms with E-state index in [9.17, 15) is 9.59 Å². The number of carbonyl (C=O) groups excluding carboxylic acids is 1. The van der Waals surface area contributed by atoms with Crippen molar-refractivity contribution in [2.45, 2.75) is 6.04 Å². The second-order valence-corrected chi connectivity index (χ2v) is 1.38. The summed E-state index contributed by atoms with van der Waals surface area (Å²) >= 11 is 0. The molecule has 0 amide bonds. The second-order valence-electron chi connectivity index (χ2n) is 1.38. The minimum atomic E-state index is -1.17. The van der Waals surface area contributed by atoms with Crippen LogP contribution in [0.5, 0.6) is 0 Å². The van der Waals surface area contributed by atoms with E-state index in [0.29, 0.717) is 0 Å². The lowest BCUT2D eigenvalue weighted by atomic mass is 10.3. The number of hydrogen-bond acceptors (Lipinski definition) is 4. The van der Waals surface area contributed by atoms with Gasteiger partial charge in [0, 0.05) is 0 Å². The monoisotopic (exact) mass is 130 g/mol. The molecule has 0 bridgehead atoms. The van der Waals surface area contributed by atoms with Crippen LogP contribution in [0.2, 0.25) is 0 Å². The minimum Gasteiger partial charge on any atom is -0.480 e. The zero-order valence-electron chi connectivity index (χ0n) is 4.57. The minimum absolute atomic E-state index is 0.209. The van der Waals surface area contributed by atoms with Gasteiger partial charge < -0.3 is 10.8 Å². The molecule has 0 fully saturated rings. The van der Waals surface area contributed by atoms with Crippen LogP contribution in [0.3, 0.4) is 0 Å². The van der Waals surface area contributed by atoms with E-state index >= 15 is 0 Å². The molecule has 0 aliphatic heterocycles. The van der Waals surface area contributed by atoms with Gasteiger partial charge in [0.2, 0.25) is 6.08 Å². The number of isocyanates is 1. The first-order chi connectivity index (χ1) is 4.18. The van der Waals surface area contributed by atoms with Gasteiger partial charge in [-0.2, -0.15) is 0 Å². The van der Waals surface area contributed by atoms with Gasteiger partial charge in [0.1, 0.15) is 6.04 Å². The Kier molecular flexibility index (Phi) is 3.27. The first-order valence-electron chi connectivity index (χ1n) is 2.20. The van der Waals surface area contributed by atoms with Crippen molar-refractivity contribution in [3.63, 3.8) is 0 Å². The lowest BCUT2D eigenvalue weighted by Crippen LogP contribution is -2.32. The molecule has 0 aromatic rings. The molecular formula is C4H6N2O3. The summed E-state index contributed by atoms with van der Waals surface area (Å²) in [6, 6.07) is -1.09. The molecule has 0 aliphatic carbocycles. The van der Waals surface area contributed by atoms with E-state index in [1.807, 2.05) is 0 Å². The average molecular weight is 130 g/mol. The van der Waals surface area contributed by atoms with E-state index in [4.69, 9.17) is 10.8 Å². The SMILES string of the molecule is NC(CN=C=O)C(=O)O. The van der Waals surface area contributed by atoms with Crippen LogP contribution < -0.4 is 5.73 Å². The van der Waals surface area contributed by atoms with Gasteiger partial charge in [-0.1, -0.05) is 0 Å². The van der Waals surface area contributed by atoms with Gasteiger partial charge >= 0.3 is 5.97 Å². The number of carboxylic acids is 1. The third-order valence-electron chi connectivity index (χ3n) is 0.670. The Labute approximate surface area is 51.2 Å². The van der Waals surface area contributed by atoms with E-state index in [0.717, 1.165) is 0 Å². The Morgan fingerprint density at radius 1 is 1.89 bits per heavy atom. The molecule has 0 radical (unpaired) electrons. The maximum absolute atomic E-state index is 9.89. The van der Waals surface area contributed by atoms with Crippen molar-refractivity contribution in [1.29, 1.82) is 0 Å². The standard InChI is InChI=1S/C4H6N2O3/c5-3(4(8)9)1-6-2-7/h3H,1,5H2,(H,8,9). The van der Waals surface area contributed by atoms with Gasteiger partial charge in [-0.3, -0.25) is 4.79 Å². The lowest BCUT2D eigenvalue weighted by molar-refractivity contribution is -0.138. The van der Waals surface area contributed by atoms with Crippen molar-refractivity contribution in [2.75, 3.05) is 6.54 Å². The number of carboxylic acid groups (broad SMARTS) is 1. The van der Waals surface area contributed by atoms with E-state index < -0.39 is 12.0 Å². The summed E-state index contributed by atoms with van der Waals surface area (Å²) in [6.07, 6.45) is 1.19. The summed E-state index contributed by atoms with van der Waals surface area (Å²) in [4.78, 5) is 22.3. The highest BCUT2D eigenvalue weighted by Crippen LogP contribution is 1.77. The molecule has 50 valence electrons. The number of nitrogens with two attached hydrogens (primary N) is 1. The normalized spacial score (nSPS) is 11.7. The summed E-state index contributed by atoms with van der Waals surface area (Å²) in [5.74, 6) is -1.17. The van der Waals surface area contributed by atoms with Crippen molar-refractivity contribution in [3.8, 4) is 0 Å². The molecule has 5 nitrogen and oxygen atoms in total. The Hall–Kier alpha value is -1.19. The molecule has 0 rings (SSSR count). The van der Waals surface area contributed by atoms with E-state index in [-0.39, 0.29) is 6.54 Å². The topological polar surface area (TPSA) is 92.8 Å². The summed E-state index contributed by atoms with van der Waals surface area (Å²) in [5.41, 5.74) is 4.93. The van der Waals surface area contributed by atoms with Crippen LogP contribution in [-0.4, -0.2) is 29.7 Å². The number of rotatable bonds is 3. The number of aliphatic carboxylic acids is 1. The average Bonchev–Trinajstić information content (AvgIpc) is 1.82. The molecule has 9 heavy (non-hydrogen) atoms. The second kappa shape index (κ2) is 3.77. The quantitative estimate of drug-likeness (QED) is 0.368. The predicted octanol–water partition coefficient (Wildman–Crippen LogP) is -1.27. The molecule has 1 atom stereocenters. The van der Waals surface area contributed by atoms with Gasteiger partial charge in [-0.05, 0) is 0 Å². The van der Waals surface area contributed by atoms with Gasteiger partial charge in [0.25, 0.3) is 0 Å². The third kappa shape index (κ3) is 3.40. The third-order valence-corrected chi connectivity index (χ3v) is 0.670. The molecule has 0 aromatic heterocycles. The van der Waals surface area contributed by atoms with Gasteiger partial charge in [0.15, 0.2) is 0 Å². The number of aliphatic imine (C=N–C) groups is 1. The van der Waals surface area contributed by atoms with Gasteiger partial charge in [0.05, 0.1) is 6.54 Å². The van der Waals surface area contributed by atoms with Gasteiger partial charge in [-0.25, -0.2) is 9.79 Å². The van der Waals surface area contributed by atoms with Gasteiger partial charge in [-0.15, -0.1) is 0 Å². The van der Waals surface area contributed by atoms with Crippen LogP contribution in [0.1, 0.15) is 0 Å². The van der Waals surface area contributed by atoms with Crippen molar-refractivity contribution >= 4 is 12.0 Å². The molecule has 0 spiro atoms. The zero-order chi connectivity index (χ0) is 7.28. The Bertz CT molecular complexity index is 150. The Morgan fingerprint density at radius 2 is 2.44 bits per heavy atom. The van der Waals surface area contributed by atoms with Crippen molar-refractivity contribution < 1.29 is 14.7 Å². The molecule has 0 saturated carbocycles. The fourth-order valence-corrected chi connectivity index (χ4v) is 0.214. The Balaban J connectivity index is 3.63. The maximum Gasteiger partial charge on any atom is 0.322 e. The van der Waals surface area contributed by atoms with E-state index in [1.54, 1.807) is 0 Å². The molecule has 1 unspecified atom stereocenters. The molecular weight excluding hydrogens is 124 g/mol. The van der Waals surface area contributed by atoms with Crippen molar-refractivity contribution in [3.05, 3.63) is 0 Å². The molecule has 0 aromatic carbocycles. The Morgan fingerprint density at radius 3 is 2.78 bits per heavy atom. The van der Waals surface area contributed by atoms with Crippen LogP contribution in [0.15, 0.2) is 4.99 Å². The summed E-state index contributed by atoms with van der Waals surface area (Å²) in [6.45, 7) is -0.209. The van der Waals surface area contributed by atoms with Crippen molar-refractivity contribution in [2.24, 2.45) is 10.7 Å². The highest BCUT2D eigenvalue weighted by molar-refractivity contribution is 5.73. The molecule has 3 N–H and O–H groups in total. The highest BCUT2D eigenvalue weighted by Gasteiger charge is 2.08. The van der Waals surface area contributed by atoms with Crippen LogP contribution >= 0.6 is 0 Å². The lowest BCUT2D eigenvalue weighted by Gasteiger charge is -1.96. The first kappa shape index (κ1) is 7.81. The smallest absolute Gasteiger partial charge is 0.322 e. The summed E-state index contributed by atoms with van der Waals surface area (Å²) < 4.78 is 0. The van der Waals surface area contributed by atoms with Crippen LogP contribution in [-0.2, 0) is 9.59 Å². The number of carbonyl (C=O) groups is 1. The molecule has 5 heteroatoms. The predicted molar refractivity (Wildman–Crippen MR) is 28.6 cm³/mol. The molecule has 0 aliphatic rings. The zero-order valence-corrected chi connectivity index (χ0v) is 4.57. The fourth-order valence-electron chi connectivity index (χ4n) is 0.214. The van der Waals surface area contributed by atoms with Crippen LogP contribution in [0, 0.1) is 0 Å². The van der Waals surface area contributed by atoms with E-state index in [1.165, 1.54) is 6.08 Å². The van der Waals surface area contributed by atoms with Crippen molar-refractivity contribution in [1.82, 2.24) is 0 Å². The number of hydrogen-bond donors (Lipinski definition) is 2. The largest absolute Gasteiger partial charge is 0.480 e. The molecule has 0 saturated heterocycles. The van der Waals surface area contributed by atoms with Crippen LogP contribution in [0.25, 0.3) is 0 Å². The van der Waals surface area contributed by atoms with Crippen LogP contribution in [0.4, 0.5) is 0 Å². The highest BCUT2D eigenvalue weighted by atomic mass is 16.4. The number of nitrogens with zero attached hydrogens (tertiary/aromatic N) is 1. The fraction of sp³-hybridized carbons (Fsp3) is 0.500. The summed E-state index contributed by atoms with van der Waals surface area (Å²) in [7, 11) is 0. The first-order valence-corrected chi connectivity index (χ1v) is 2.20.